The fourth-order valence-corrected chi connectivity index (χ4v) is 2.09. The van der Waals surface area contributed by atoms with Gasteiger partial charge in [0.15, 0.2) is 0 Å². The summed E-state index contributed by atoms with van der Waals surface area (Å²) in [6.07, 6.45) is 1.29. The number of amides is 1. The van der Waals surface area contributed by atoms with Gasteiger partial charge in [0.05, 0.1) is 10.4 Å². The van der Waals surface area contributed by atoms with Crippen LogP contribution in [-0.4, -0.2) is 17.4 Å². The quantitative estimate of drug-likeness (QED) is 0.701. The van der Waals surface area contributed by atoms with Crippen LogP contribution in [0.3, 0.4) is 0 Å². The molecule has 0 spiro atoms. The molecule has 0 fully saturated rings. The minimum absolute atomic E-state index is 0.0336. The number of nitrogens with two attached hydrogens (primary N) is 1. The number of hydrogen-bond acceptors (Lipinski definition) is 2. The van der Waals surface area contributed by atoms with E-state index in [1.54, 1.807) is 0 Å². The van der Waals surface area contributed by atoms with Crippen molar-refractivity contribution in [1.82, 2.24) is 5.32 Å². The Bertz CT molecular complexity index is 307. The van der Waals surface area contributed by atoms with E-state index >= 15 is 0 Å². The van der Waals surface area contributed by atoms with Gasteiger partial charge in [-0.15, -0.1) is 0 Å². The van der Waals surface area contributed by atoms with Crippen LogP contribution in [0.2, 0.25) is 0 Å². The van der Waals surface area contributed by atoms with Crippen LogP contribution in [0.15, 0.2) is 0 Å². The van der Waals surface area contributed by atoms with Gasteiger partial charge >= 0.3 is 0 Å². The van der Waals surface area contributed by atoms with Gasteiger partial charge in [0.25, 0.3) is 0 Å². The average molecular weight is 272 g/mol. The molecule has 106 valence electrons. The Labute approximate surface area is 117 Å². The smallest absolute Gasteiger partial charge is 0.233 e. The normalized spacial score (nSPS) is 12.6. The highest BCUT2D eigenvalue weighted by Crippen LogP contribution is 2.29. The molecular formula is C14H28N2OS. The van der Waals surface area contributed by atoms with E-state index in [4.69, 9.17) is 18.0 Å². The third-order valence-corrected chi connectivity index (χ3v) is 4.77. The first kappa shape index (κ1) is 17.4. The molecule has 3 N–H and O–H groups in total. The largest absolute Gasteiger partial charge is 0.392 e. The lowest BCUT2D eigenvalue weighted by Gasteiger charge is -2.33. The topological polar surface area (TPSA) is 55.1 Å². The highest BCUT2D eigenvalue weighted by molar-refractivity contribution is 7.80. The van der Waals surface area contributed by atoms with Crippen LogP contribution in [0.1, 0.15) is 54.4 Å². The average Bonchev–Trinajstić information content (AvgIpc) is 2.28. The first-order chi connectivity index (χ1) is 8.14. The molecule has 18 heavy (non-hydrogen) atoms. The zero-order valence-corrected chi connectivity index (χ0v) is 13.4. The molecule has 3 nitrogen and oxygen atoms in total. The van der Waals surface area contributed by atoms with Gasteiger partial charge in [0.2, 0.25) is 5.91 Å². The van der Waals surface area contributed by atoms with Gasteiger partial charge in [-0.1, -0.05) is 53.8 Å². The van der Waals surface area contributed by atoms with Gasteiger partial charge in [-0.25, -0.2) is 0 Å². The van der Waals surface area contributed by atoms with Crippen molar-refractivity contribution >= 4 is 23.1 Å². The molecule has 0 heterocycles. The number of thiocarbonyl (C=S) groups is 1. The lowest BCUT2D eigenvalue weighted by Crippen LogP contribution is -2.50. The Morgan fingerprint density at radius 2 is 1.72 bits per heavy atom. The van der Waals surface area contributed by atoms with Crippen molar-refractivity contribution < 1.29 is 4.79 Å². The van der Waals surface area contributed by atoms with Crippen LogP contribution < -0.4 is 11.1 Å². The zero-order chi connectivity index (χ0) is 14.6. The van der Waals surface area contributed by atoms with Crippen LogP contribution in [0.5, 0.6) is 0 Å². The maximum Gasteiger partial charge on any atom is 0.233 e. The molecule has 0 saturated heterocycles. The minimum Gasteiger partial charge on any atom is -0.392 e. The van der Waals surface area contributed by atoms with Gasteiger partial charge < -0.3 is 11.1 Å². The van der Waals surface area contributed by atoms with Crippen molar-refractivity contribution in [3.63, 3.8) is 0 Å². The van der Waals surface area contributed by atoms with Gasteiger partial charge in [-0.3, -0.25) is 4.79 Å². The van der Waals surface area contributed by atoms with Crippen molar-refractivity contribution in [2.24, 2.45) is 22.5 Å². The molecule has 0 aliphatic heterocycles. The van der Waals surface area contributed by atoms with Gasteiger partial charge in [0.1, 0.15) is 0 Å². The van der Waals surface area contributed by atoms with E-state index in [2.05, 4.69) is 33.0 Å². The Balaban J connectivity index is 4.80. The molecule has 0 aromatic rings. The van der Waals surface area contributed by atoms with Gasteiger partial charge in [-0.2, -0.15) is 0 Å². The third-order valence-electron chi connectivity index (χ3n) is 4.38. The first-order valence-corrected chi connectivity index (χ1v) is 7.13. The monoisotopic (exact) mass is 272 g/mol. The highest BCUT2D eigenvalue weighted by Gasteiger charge is 2.38. The Hall–Kier alpha value is -0.640. The van der Waals surface area contributed by atoms with Crippen molar-refractivity contribution in [1.29, 1.82) is 0 Å². The molecule has 4 heteroatoms. The van der Waals surface area contributed by atoms with Gasteiger partial charge in [0, 0.05) is 6.54 Å². The SMILES string of the molecule is CCC(CC)(C(=O)NCC(C)(C)C(C)C)C(N)=S. The number of carbonyl (C=O) groups excluding carboxylic acids is 1. The summed E-state index contributed by atoms with van der Waals surface area (Å²) in [5, 5.41) is 3.02. The fraction of sp³-hybridized carbons (Fsp3) is 0.857. The summed E-state index contributed by atoms with van der Waals surface area (Å²) in [6.45, 7) is 13.2. The van der Waals surface area contributed by atoms with E-state index < -0.39 is 5.41 Å². The second-order valence-corrected chi connectivity index (χ2v) is 6.42. The summed E-state index contributed by atoms with van der Waals surface area (Å²) >= 11 is 5.08. The van der Waals surface area contributed by atoms with Crippen LogP contribution in [0.25, 0.3) is 0 Å². The summed E-state index contributed by atoms with van der Waals surface area (Å²) in [5.41, 5.74) is 5.14. The standard InChI is InChI=1S/C14H28N2OS/c1-7-14(8-2,11(15)18)12(17)16-9-13(5,6)10(3)4/h10H,7-9H2,1-6H3,(H2,15,18)(H,16,17). The second kappa shape index (κ2) is 6.50. The molecule has 0 unspecified atom stereocenters. The van der Waals surface area contributed by atoms with Crippen LogP contribution in [0.4, 0.5) is 0 Å². The predicted octanol–water partition coefficient (Wildman–Crippen LogP) is 2.88. The minimum atomic E-state index is -0.692. The Morgan fingerprint density at radius 1 is 1.28 bits per heavy atom. The molecular weight excluding hydrogens is 244 g/mol. The van der Waals surface area contributed by atoms with E-state index in [0.29, 0.717) is 30.3 Å². The Morgan fingerprint density at radius 3 is 2.00 bits per heavy atom. The van der Waals surface area contributed by atoms with E-state index in [9.17, 15) is 4.79 Å². The molecule has 0 aromatic heterocycles. The van der Waals surface area contributed by atoms with Gasteiger partial charge in [-0.05, 0) is 24.2 Å². The molecule has 0 radical (unpaired) electrons. The summed E-state index contributed by atoms with van der Waals surface area (Å²) in [7, 11) is 0. The van der Waals surface area contributed by atoms with Crippen LogP contribution in [0, 0.1) is 16.7 Å². The maximum absolute atomic E-state index is 12.4. The summed E-state index contributed by atoms with van der Waals surface area (Å²) in [4.78, 5) is 12.7. The molecule has 0 atom stereocenters. The zero-order valence-electron chi connectivity index (χ0n) is 12.6. The van der Waals surface area contributed by atoms with Crippen LogP contribution >= 0.6 is 12.2 Å². The van der Waals surface area contributed by atoms with Crippen molar-refractivity contribution in [2.45, 2.75) is 54.4 Å². The van der Waals surface area contributed by atoms with E-state index in [0.717, 1.165) is 0 Å². The van der Waals surface area contributed by atoms with Crippen LogP contribution in [-0.2, 0) is 4.79 Å². The second-order valence-electron chi connectivity index (χ2n) is 5.98. The molecule has 0 saturated carbocycles. The highest BCUT2D eigenvalue weighted by atomic mass is 32.1. The fourth-order valence-electron chi connectivity index (χ4n) is 1.71. The van der Waals surface area contributed by atoms with Crippen molar-refractivity contribution in [3.05, 3.63) is 0 Å². The lowest BCUT2D eigenvalue weighted by atomic mass is 9.79. The van der Waals surface area contributed by atoms with E-state index in [1.165, 1.54) is 0 Å². The molecule has 0 aliphatic rings. The number of rotatable bonds is 7. The summed E-state index contributed by atoms with van der Waals surface area (Å²) in [6, 6.07) is 0. The predicted molar refractivity (Wildman–Crippen MR) is 81.4 cm³/mol. The molecule has 0 aromatic carbocycles. The summed E-state index contributed by atoms with van der Waals surface area (Å²) < 4.78 is 0. The number of hydrogen-bond donors (Lipinski definition) is 2. The first-order valence-electron chi connectivity index (χ1n) is 6.72. The molecule has 0 bridgehead atoms. The Kier molecular flexibility index (Phi) is 6.27. The van der Waals surface area contributed by atoms with E-state index in [1.807, 2.05) is 13.8 Å². The van der Waals surface area contributed by atoms with Crippen molar-refractivity contribution in [2.75, 3.05) is 6.54 Å². The molecule has 1 amide bonds. The third kappa shape index (κ3) is 3.67. The van der Waals surface area contributed by atoms with E-state index in [-0.39, 0.29) is 11.3 Å². The number of carbonyl (C=O) groups is 1. The lowest BCUT2D eigenvalue weighted by molar-refractivity contribution is -0.128. The number of nitrogens with one attached hydrogen (secondary N) is 1. The maximum atomic E-state index is 12.4. The van der Waals surface area contributed by atoms with Crippen molar-refractivity contribution in [3.8, 4) is 0 Å². The summed E-state index contributed by atoms with van der Waals surface area (Å²) in [5.74, 6) is 0.467. The molecule has 0 aliphatic carbocycles. The molecule has 0 rings (SSSR count).